The van der Waals surface area contributed by atoms with Crippen molar-refractivity contribution in [2.24, 2.45) is 5.92 Å². The molecule has 266 valence electrons. The molecule has 5 N–H and O–H groups in total. The van der Waals surface area contributed by atoms with Gasteiger partial charge in [-0.05, 0) is 60.9 Å². The number of ether oxygens (including phenoxy) is 1. The fourth-order valence-corrected chi connectivity index (χ4v) is 5.14. The van der Waals surface area contributed by atoms with E-state index in [4.69, 9.17) is 4.74 Å². The molecule has 0 aliphatic carbocycles. The Morgan fingerprint density at radius 3 is 2.39 bits per heavy atom. The van der Waals surface area contributed by atoms with Crippen LogP contribution in [0.1, 0.15) is 49.8 Å². The first kappa shape index (κ1) is 38.5. The molecule has 4 atom stereocenters. The number of hydrogen-bond acceptors (Lipinski definition) is 6. The molecule has 0 radical (unpaired) electrons. The van der Waals surface area contributed by atoms with Crippen molar-refractivity contribution >= 4 is 29.7 Å². The van der Waals surface area contributed by atoms with Crippen LogP contribution < -0.4 is 26.6 Å². The zero-order chi connectivity index (χ0) is 36.1. The smallest absolute Gasteiger partial charge is 0.416 e. The first-order valence-electron chi connectivity index (χ1n) is 15.8. The van der Waals surface area contributed by atoms with Gasteiger partial charge < -0.3 is 31.3 Å². The molecule has 0 aromatic heterocycles. The monoisotopic (exact) mass is 691 g/mol. The van der Waals surface area contributed by atoms with E-state index in [1.54, 1.807) is 19.9 Å². The van der Waals surface area contributed by atoms with Gasteiger partial charge in [-0.15, -0.1) is 0 Å². The van der Waals surface area contributed by atoms with E-state index in [1.165, 1.54) is 42.5 Å². The number of esters is 1. The van der Waals surface area contributed by atoms with Gasteiger partial charge in [-0.3, -0.25) is 14.4 Å². The van der Waals surface area contributed by atoms with Crippen molar-refractivity contribution in [1.82, 2.24) is 26.6 Å². The van der Waals surface area contributed by atoms with Gasteiger partial charge in [-0.1, -0.05) is 50.3 Å². The zero-order valence-electron chi connectivity index (χ0n) is 27.4. The molecule has 11 nitrogen and oxygen atoms in total. The summed E-state index contributed by atoms with van der Waals surface area (Å²) in [5, 5.41) is 13.0. The fraction of sp³-hybridized carbons (Fsp3) is 0.441. The second kappa shape index (κ2) is 18.0. The van der Waals surface area contributed by atoms with Crippen LogP contribution in [0.3, 0.4) is 0 Å². The first-order valence-corrected chi connectivity index (χ1v) is 15.8. The number of halogens is 4. The fourth-order valence-electron chi connectivity index (χ4n) is 5.14. The SMILES string of the molecule is COC(=O)[C@@H](NC(=O)NC(Cc1cccc(C(F)(F)F)c1)C(=O)N[C@H]1CCCCNC(=O)/C=C/[C@H](Cc2cccc(F)c2)NC1=O)C(C)C. The summed E-state index contributed by atoms with van der Waals surface area (Å²) in [6, 6.07) is 4.49. The zero-order valence-corrected chi connectivity index (χ0v) is 27.4. The van der Waals surface area contributed by atoms with Crippen LogP contribution in [-0.4, -0.2) is 67.5 Å². The number of hydrogen-bond donors (Lipinski definition) is 5. The normalized spacial score (nSPS) is 19.2. The molecule has 1 aliphatic rings. The van der Waals surface area contributed by atoms with Crippen molar-refractivity contribution < 1.29 is 46.3 Å². The van der Waals surface area contributed by atoms with Gasteiger partial charge in [-0.25, -0.2) is 14.0 Å². The third-order valence-corrected chi connectivity index (χ3v) is 7.73. The van der Waals surface area contributed by atoms with Gasteiger partial charge >= 0.3 is 18.2 Å². The summed E-state index contributed by atoms with van der Waals surface area (Å²) in [5.74, 6) is -3.52. The van der Waals surface area contributed by atoms with E-state index in [-0.39, 0.29) is 37.3 Å². The minimum absolute atomic E-state index is 0.0721. The molecule has 0 saturated carbocycles. The van der Waals surface area contributed by atoms with Crippen LogP contribution in [0.4, 0.5) is 22.4 Å². The third kappa shape index (κ3) is 12.5. The number of carbonyl (C=O) groups is 5. The molecule has 49 heavy (non-hydrogen) atoms. The number of methoxy groups -OCH3 is 1. The molecule has 1 heterocycles. The summed E-state index contributed by atoms with van der Waals surface area (Å²) in [6.45, 7) is 3.59. The second-order valence-electron chi connectivity index (χ2n) is 12.0. The number of alkyl halides is 3. The highest BCUT2D eigenvalue weighted by Crippen LogP contribution is 2.29. The molecule has 2 aromatic carbocycles. The molecule has 1 unspecified atom stereocenters. The Labute approximate surface area is 281 Å². The summed E-state index contributed by atoms with van der Waals surface area (Å²) >= 11 is 0. The Balaban J connectivity index is 1.88. The van der Waals surface area contributed by atoms with E-state index >= 15 is 0 Å². The van der Waals surface area contributed by atoms with Crippen LogP contribution >= 0.6 is 0 Å². The Kier molecular flexibility index (Phi) is 14.1. The topological polar surface area (TPSA) is 155 Å². The number of nitrogens with one attached hydrogen (secondary N) is 5. The maximum Gasteiger partial charge on any atom is 0.416 e. The van der Waals surface area contributed by atoms with Crippen molar-refractivity contribution in [3.63, 3.8) is 0 Å². The maximum absolute atomic E-state index is 13.9. The van der Waals surface area contributed by atoms with Crippen LogP contribution in [-0.2, 0) is 42.9 Å². The Bertz CT molecular complexity index is 1520. The predicted molar refractivity (Wildman–Crippen MR) is 171 cm³/mol. The lowest BCUT2D eigenvalue weighted by molar-refractivity contribution is -0.144. The van der Waals surface area contributed by atoms with Gasteiger partial charge in [0.2, 0.25) is 17.7 Å². The van der Waals surface area contributed by atoms with Crippen LogP contribution in [0.25, 0.3) is 0 Å². The van der Waals surface area contributed by atoms with Gasteiger partial charge in [0, 0.05) is 19.0 Å². The largest absolute Gasteiger partial charge is 0.467 e. The number of amides is 5. The highest BCUT2D eigenvalue weighted by atomic mass is 19.4. The van der Waals surface area contributed by atoms with Crippen LogP contribution in [0.5, 0.6) is 0 Å². The van der Waals surface area contributed by atoms with Crippen LogP contribution in [0, 0.1) is 11.7 Å². The Morgan fingerprint density at radius 2 is 1.71 bits per heavy atom. The predicted octanol–water partition coefficient (Wildman–Crippen LogP) is 3.32. The average molecular weight is 692 g/mol. The highest BCUT2D eigenvalue weighted by Gasteiger charge is 2.33. The molecular weight excluding hydrogens is 650 g/mol. The molecule has 1 aliphatic heterocycles. The summed E-state index contributed by atoms with van der Waals surface area (Å²) in [6.07, 6.45) is -1.26. The minimum atomic E-state index is -4.66. The average Bonchev–Trinajstić information content (AvgIpc) is 3.03. The summed E-state index contributed by atoms with van der Waals surface area (Å²) < 4.78 is 59.0. The molecule has 0 bridgehead atoms. The maximum atomic E-state index is 13.9. The molecule has 0 fully saturated rings. The van der Waals surface area contributed by atoms with E-state index in [0.717, 1.165) is 19.2 Å². The van der Waals surface area contributed by atoms with E-state index in [2.05, 4.69) is 26.6 Å². The summed E-state index contributed by atoms with van der Waals surface area (Å²) in [4.78, 5) is 64.9. The van der Waals surface area contributed by atoms with E-state index < -0.39 is 71.5 Å². The third-order valence-electron chi connectivity index (χ3n) is 7.73. The first-order chi connectivity index (χ1) is 23.2. The van der Waals surface area contributed by atoms with Gasteiger partial charge in [0.15, 0.2) is 0 Å². The van der Waals surface area contributed by atoms with Crippen LogP contribution in [0.15, 0.2) is 60.7 Å². The standard InChI is InChI=1S/C34H41F4N5O6/c1-20(2)29(32(47)49-3)43-33(48)42-27(19-21-8-6-10-23(16-21)34(36,37)38)31(46)41-26-12-4-5-15-39-28(44)14-13-25(40-30(26)45)18-22-9-7-11-24(35)17-22/h6-11,13-14,16-17,20,25-27,29H,4-5,12,15,18-19H2,1-3H3,(H,39,44)(H,40,45)(H,41,46)(H2,42,43,48)/b14-13+/t25-,26+,27?,29+/m1/s1. The van der Waals surface area contributed by atoms with Crippen molar-refractivity contribution in [3.05, 3.63) is 83.2 Å². The lowest BCUT2D eigenvalue weighted by atomic mass is 10.0. The summed E-state index contributed by atoms with van der Waals surface area (Å²) in [5.41, 5.74) is -0.351. The molecular formula is C34H41F4N5O6. The molecule has 5 amide bonds. The van der Waals surface area contributed by atoms with Gasteiger partial charge in [0.1, 0.15) is 23.9 Å². The number of urea groups is 1. The highest BCUT2D eigenvalue weighted by molar-refractivity contribution is 5.93. The van der Waals surface area contributed by atoms with Gasteiger partial charge in [0.25, 0.3) is 0 Å². The second-order valence-corrected chi connectivity index (χ2v) is 12.0. The van der Waals surface area contributed by atoms with Crippen molar-refractivity contribution in [1.29, 1.82) is 0 Å². The van der Waals surface area contributed by atoms with Crippen LogP contribution in [0.2, 0.25) is 0 Å². The van der Waals surface area contributed by atoms with E-state index in [9.17, 15) is 41.5 Å². The molecule has 0 spiro atoms. The van der Waals surface area contributed by atoms with Crippen molar-refractivity contribution in [2.75, 3.05) is 13.7 Å². The van der Waals surface area contributed by atoms with Gasteiger partial charge in [-0.2, -0.15) is 13.2 Å². The van der Waals surface area contributed by atoms with E-state index in [1.807, 2.05) is 0 Å². The van der Waals surface area contributed by atoms with Crippen molar-refractivity contribution in [2.45, 2.75) is 76.3 Å². The number of carbonyl (C=O) groups excluding carboxylic acids is 5. The molecule has 2 aromatic rings. The lowest BCUT2D eigenvalue weighted by Crippen LogP contribution is -2.58. The van der Waals surface area contributed by atoms with Gasteiger partial charge in [0.05, 0.1) is 18.7 Å². The molecule has 0 saturated heterocycles. The quantitative estimate of drug-likeness (QED) is 0.190. The Hall–Kier alpha value is -4.95. The lowest BCUT2D eigenvalue weighted by Gasteiger charge is -2.26. The molecule has 15 heteroatoms. The Morgan fingerprint density at radius 1 is 1.00 bits per heavy atom. The van der Waals surface area contributed by atoms with E-state index in [0.29, 0.717) is 18.4 Å². The minimum Gasteiger partial charge on any atom is -0.467 e. The number of benzene rings is 2. The summed E-state index contributed by atoms with van der Waals surface area (Å²) in [7, 11) is 1.14. The molecule has 3 rings (SSSR count). The van der Waals surface area contributed by atoms with Crippen molar-refractivity contribution in [3.8, 4) is 0 Å². The number of rotatable bonds is 10.